The van der Waals surface area contributed by atoms with Gasteiger partial charge in [-0.3, -0.25) is 9.59 Å². The highest BCUT2D eigenvalue weighted by Gasteiger charge is 2.17. The van der Waals surface area contributed by atoms with Crippen molar-refractivity contribution >= 4 is 34.0 Å². The molecular weight excluding hydrogens is 408 g/mol. The van der Waals surface area contributed by atoms with E-state index in [1.54, 1.807) is 4.90 Å². The fourth-order valence-electron chi connectivity index (χ4n) is 3.26. The van der Waals surface area contributed by atoms with E-state index in [0.717, 1.165) is 22.5 Å². The van der Waals surface area contributed by atoms with Crippen LogP contribution < -0.4 is 10.2 Å². The van der Waals surface area contributed by atoms with Crippen molar-refractivity contribution in [2.45, 2.75) is 33.1 Å². The molecular formula is C24H24N4O2S. The number of anilines is 2. The molecule has 3 aromatic rings. The van der Waals surface area contributed by atoms with Gasteiger partial charge in [-0.05, 0) is 31.5 Å². The Hall–Kier alpha value is -3.50. The summed E-state index contributed by atoms with van der Waals surface area (Å²) >= 11 is 1.36. The minimum Gasteiger partial charge on any atom is -0.311 e. The van der Waals surface area contributed by atoms with E-state index in [9.17, 15) is 9.59 Å². The van der Waals surface area contributed by atoms with Crippen molar-refractivity contribution in [3.63, 3.8) is 0 Å². The molecule has 1 aromatic heterocycles. The van der Waals surface area contributed by atoms with Crippen LogP contribution in [0.25, 0.3) is 11.3 Å². The summed E-state index contributed by atoms with van der Waals surface area (Å²) in [5.74, 6) is -0.449. The zero-order valence-electron chi connectivity index (χ0n) is 17.6. The minimum atomic E-state index is -0.261. The van der Waals surface area contributed by atoms with Crippen LogP contribution >= 0.6 is 11.3 Å². The van der Waals surface area contributed by atoms with E-state index in [4.69, 9.17) is 5.26 Å². The molecule has 3 rings (SSSR count). The molecule has 0 aliphatic carbocycles. The zero-order chi connectivity index (χ0) is 22.2. The van der Waals surface area contributed by atoms with Crippen LogP contribution in [0.15, 0.2) is 53.9 Å². The van der Waals surface area contributed by atoms with E-state index in [-0.39, 0.29) is 31.1 Å². The molecule has 1 heterocycles. The van der Waals surface area contributed by atoms with E-state index in [0.29, 0.717) is 11.7 Å². The third-order valence-electron chi connectivity index (χ3n) is 4.79. The fourth-order valence-corrected chi connectivity index (χ4v) is 3.99. The predicted octanol–water partition coefficient (Wildman–Crippen LogP) is 5.09. The molecule has 0 fully saturated rings. The predicted molar refractivity (Wildman–Crippen MR) is 124 cm³/mol. The van der Waals surface area contributed by atoms with E-state index in [1.807, 2.05) is 61.7 Å². The molecule has 6 nitrogen and oxygen atoms in total. The summed E-state index contributed by atoms with van der Waals surface area (Å²) in [4.78, 5) is 31.1. The fraction of sp³-hybridized carbons (Fsp3) is 0.250. The number of benzene rings is 2. The van der Waals surface area contributed by atoms with Gasteiger partial charge in [0.2, 0.25) is 11.8 Å². The quantitative estimate of drug-likeness (QED) is 0.537. The summed E-state index contributed by atoms with van der Waals surface area (Å²) in [5, 5.41) is 14.1. The van der Waals surface area contributed by atoms with E-state index in [2.05, 4.69) is 22.4 Å². The number of aromatic nitrogens is 1. The maximum Gasteiger partial charge on any atom is 0.227 e. The highest BCUT2D eigenvalue weighted by molar-refractivity contribution is 7.14. The molecule has 0 bridgehead atoms. The van der Waals surface area contributed by atoms with Gasteiger partial charge in [-0.25, -0.2) is 4.98 Å². The van der Waals surface area contributed by atoms with Gasteiger partial charge in [0.15, 0.2) is 5.13 Å². The molecule has 0 atom stereocenters. The Balaban J connectivity index is 1.59. The first-order chi connectivity index (χ1) is 15.0. The maximum absolute atomic E-state index is 12.7. The van der Waals surface area contributed by atoms with Gasteiger partial charge in [0, 0.05) is 36.0 Å². The molecule has 158 valence electrons. The topological polar surface area (TPSA) is 86.1 Å². The number of rotatable bonds is 8. The van der Waals surface area contributed by atoms with Gasteiger partial charge in [-0.2, -0.15) is 5.26 Å². The van der Waals surface area contributed by atoms with Gasteiger partial charge >= 0.3 is 0 Å². The molecule has 0 aliphatic rings. The van der Waals surface area contributed by atoms with Gasteiger partial charge in [-0.15, -0.1) is 11.3 Å². The summed E-state index contributed by atoms with van der Waals surface area (Å²) in [5.41, 5.74) is 4.90. The largest absolute Gasteiger partial charge is 0.311 e. The van der Waals surface area contributed by atoms with Crippen LogP contribution in [0.3, 0.4) is 0 Å². The van der Waals surface area contributed by atoms with E-state index in [1.165, 1.54) is 16.9 Å². The van der Waals surface area contributed by atoms with Crippen LogP contribution in [0, 0.1) is 25.2 Å². The van der Waals surface area contributed by atoms with Crippen molar-refractivity contribution in [2.75, 3.05) is 16.8 Å². The molecule has 1 N–H and O–H groups in total. The third kappa shape index (κ3) is 6.00. The molecule has 0 saturated heterocycles. The Morgan fingerprint density at radius 1 is 1.13 bits per heavy atom. The van der Waals surface area contributed by atoms with Crippen molar-refractivity contribution < 1.29 is 9.59 Å². The highest BCUT2D eigenvalue weighted by Crippen LogP contribution is 2.28. The van der Waals surface area contributed by atoms with Crippen LogP contribution in [0.2, 0.25) is 0 Å². The molecule has 2 amide bonds. The van der Waals surface area contributed by atoms with Crippen molar-refractivity contribution in [3.05, 3.63) is 65.0 Å². The van der Waals surface area contributed by atoms with Crippen LogP contribution in [-0.4, -0.2) is 23.3 Å². The Morgan fingerprint density at radius 2 is 1.90 bits per heavy atom. The number of nitrogens with zero attached hydrogens (tertiary/aromatic N) is 3. The molecule has 0 unspecified atom stereocenters. The highest BCUT2D eigenvalue weighted by atomic mass is 32.1. The Bertz CT molecular complexity index is 1100. The number of aryl methyl sites for hydroxylation is 2. The second-order valence-electron chi connectivity index (χ2n) is 7.19. The zero-order valence-corrected chi connectivity index (χ0v) is 18.4. The van der Waals surface area contributed by atoms with Crippen molar-refractivity contribution in [1.29, 1.82) is 5.26 Å². The average molecular weight is 433 g/mol. The van der Waals surface area contributed by atoms with Crippen molar-refractivity contribution in [3.8, 4) is 17.3 Å². The van der Waals surface area contributed by atoms with Gasteiger partial charge < -0.3 is 10.2 Å². The van der Waals surface area contributed by atoms with Gasteiger partial charge in [0.25, 0.3) is 0 Å². The molecule has 0 spiro atoms. The summed E-state index contributed by atoms with van der Waals surface area (Å²) in [6.45, 7) is 4.38. The van der Waals surface area contributed by atoms with Crippen LogP contribution in [0.4, 0.5) is 10.8 Å². The lowest BCUT2D eigenvalue weighted by Gasteiger charge is -2.21. The number of hydrogen-bond donors (Lipinski definition) is 1. The van der Waals surface area contributed by atoms with Crippen LogP contribution in [0.5, 0.6) is 0 Å². The van der Waals surface area contributed by atoms with Gasteiger partial charge in [0.05, 0.1) is 18.2 Å². The number of thiazole rings is 1. The maximum atomic E-state index is 12.7. The normalized spacial score (nSPS) is 10.4. The third-order valence-corrected chi connectivity index (χ3v) is 5.55. The SMILES string of the molecule is Cc1ccc(-c2csc(NC(=O)CCC(=O)N(CCC#N)c3ccccc3)n2)c(C)c1. The van der Waals surface area contributed by atoms with E-state index >= 15 is 0 Å². The smallest absolute Gasteiger partial charge is 0.227 e. The standard InChI is InChI=1S/C24H24N4O2S/c1-17-9-10-20(18(2)15-17)21-16-31-24(26-21)27-22(29)11-12-23(30)28(14-6-13-25)19-7-4-3-5-8-19/h3-5,7-10,15-16H,6,11-12,14H2,1-2H3,(H,26,27,29). The van der Waals surface area contributed by atoms with Gasteiger partial charge in [0.1, 0.15) is 0 Å². The summed E-state index contributed by atoms with van der Waals surface area (Å²) in [6.07, 6.45) is 0.335. The first-order valence-electron chi connectivity index (χ1n) is 10.0. The minimum absolute atomic E-state index is 0.0488. The number of para-hydroxylation sites is 1. The lowest BCUT2D eigenvalue weighted by atomic mass is 10.0. The van der Waals surface area contributed by atoms with Crippen molar-refractivity contribution in [2.24, 2.45) is 0 Å². The van der Waals surface area contributed by atoms with Crippen LogP contribution in [0.1, 0.15) is 30.4 Å². The number of nitriles is 1. The second kappa shape index (κ2) is 10.5. The van der Waals surface area contributed by atoms with Crippen LogP contribution in [-0.2, 0) is 9.59 Å². The lowest BCUT2D eigenvalue weighted by molar-refractivity contribution is -0.122. The van der Waals surface area contributed by atoms with E-state index < -0.39 is 0 Å². The number of carbonyl (C=O) groups excluding carboxylic acids is 2. The molecule has 0 aliphatic heterocycles. The average Bonchev–Trinajstić information content (AvgIpc) is 3.21. The second-order valence-corrected chi connectivity index (χ2v) is 8.05. The summed E-state index contributed by atoms with van der Waals surface area (Å²) in [7, 11) is 0. The Morgan fingerprint density at radius 3 is 2.61 bits per heavy atom. The first kappa shape index (κ1) is 22.2. The van der Waals surface area contributed by atoms with Gasteiger partial charge in [-0.1, -0.05) is 42.0 Å². The molecule has 31 heavy (non-hydrogen) atoms. The molecule has 0 radical (unpaired) electrons. The first-order valence-corrected chi connectivity index (χ1v) is 10.9. The molecule has 2 aromatic carbocycles. The van der Waals surface area contributed by atoms with Crippen molar-refractivity contribution in [1.82, 2.24) is 4.98 Å². The Labute approximate surface area is 186 Å². The number of nitrogens with one attached hydrogen (secondary N) is 1. The summed E-state index contributed by atoms with van der Waals surface area (Å²) < 4.78 is 0. The molecule has 0 saturated carbocycles. The Kier molecular flexibility index (Phi) is 7.52. The number of hydrogen-bond acceptors (Lipinski definition) is 5. The molecule has 7 heteroatoms. The summed E-state index contributed by atoms with van der Waals surface area (Å²) in [6, 6.07) is 17.4. The number of amides is 2. The lowest BCUT2D eigenvalue weighted by Crippen LogP contribution is -2.32. The monoisotopic (exact) mass is 432 g/mol. The number of carbonyl (C=O) groups is 2.